The normalized spacial score (nSPS) is 11.2. The fraction of sp³-hybridized carbons (Fsp3) is 0.160. The Labute approximate surface area is 208 Å². The number of hydrogen-bond acceptors (Lipinski definition) is 7. The van der Waals surface area contributed by atoms with Crippen LogP contribution in [0.15, 0.2) is 82.8 Å². The Balaban J connectivity index is 1.75. The zero-order valence-electron chi connectivity index (χ0n) is 19.5. The number of hydrogen-bond donors (Lipinski definition) is 1. The molecule has 0 aliphatic rings. The van der Waals surface area contributed by atoms with E-state index in [-0.39, 0.29) is 17.2 Å². The first kappa shape index (κ1) is 26.4. The summed E-state index contributed by atoms with van der Waals surface area (Å²) >= 11 is 0. The predicted molar refractivity (Wildman–Crippen MR) is 132 cm³/mol. The summed E-state index contributed by atoms with van der Waals surface area (Å²) in [6.07, 6.45) is 1.31. The van der Waals surface area contributed by atoms with Crippen LogP contribution in [0.25, 0.3) is 0 Å². The average Bonchev–Trinajstić information content (AvgIpc) is 2.87. The first-order chi connectivity index (χ1) is 17.2. The molecule has 0 saturated carbocycles. The number of hydrazone groups is 1. The monoisotopic (exact) mass is 513 g/mol. The summed E-state index contributed by atoms with van der Waals surface area (Å²) in [6.45, 7) is 0.823. The van der Waals surface area contributed by atoms with Crippen molar-refractivity contribution in [3.8, 4) is 5.75 Å². The van der Waals surface area contributed by atoms with E-state index in [1.807, 2.05) is 0 Å². The van der Waals surface area contributed by atoms with E-state index in [0.717, 1.165) is 11.6 Å². The lowest BCUT2D eigenvalue weighted by Crippen LogP contribution is -2.40. The third-order valence-electron chi connectivity index (χ3n) is 4.86. The van der Waals surface area contributed by atoms with Crippen molar-refractivity contribution >= 4 is 33.8 Å². The molecule has 0 heterocycles. The molecule has 0 atom stereocenters. The van der Waals surface area contributed by atoms with Crippen LogP contribution in [-0.4, -0.2) is 46.8 Å². The minimum absolute atomic E-state index is 0.0866. The molecule has 0 saturated heterocycles. The molecule has 1 N–H and O–H groups in total. The Bertz CT molecular complexity index is 1360. The standard InChI is InChI=1S/C25H24FN3O6S/c1-18-10-12-21(13-11-18)36(32,33)29(23-9-4-3-8-22(23)26)16-24(30)28-27-15-19-6-5-7-20(14-19)35-17-25(31)34-2/h3-15H,16-17H2,1-2H3,(H,28,30)/b27-15+. The zero-order valence-corrected chi connectivity index (χ0v) is 20.4. The van der Waals surface area contributed by atoms with Gasteiger partial charge in [0.05, 0.1) is 23.9 Å². The number of benzene rings is 3. The second-order valence-electron chi connectivity index (χ2n) is 7.51. The average molecular weight is 514 g/mol. The summed E-state index contributed by atoms with van der Waals surface area (Å²) in [5, 5.41) is 3.84. The van der Waals surface area contributed by atoms with E-state index in [2.05, 4.69) is 15.3 Å². The van der Waals surface area contributed by atoms with Crippen LogP contribution in [-0.2, 0) is 24.3 Å². The summed E-state index contributed by atoms with van der Waals surface area (Å²) in [5.74, 6) is -1.75. The van der Waals surface area contributed by atoms with Gasteiger partial charge in [0.25, 0.3) is 15.9 Å². The highest BCUT2D eigenvalue weighted by Gasteiger charge is 2.29. The first-order valence-corrected chi connectivity index (χ1v) is 12.1. The molecule has 0 unspecified atom stereocenters. The molecule has 0 bridgehead atoms. The fourth-order valence-electron chi connectivity index (χ4n) is 3.02. The number of nitrogens with one attached hydrogen (secondary N) is 1. The van der Waals surface area contributed by atoms with Gasteiger partial charge in [-0.05, 0) is 48.9 Å². The number of carbonyl (C=O) groups excluding carboxylic acids is 2. The van der Waals surface area contributed by atoms with Crippen LogP contribution >= 0.6 is 0 Å². The largest absolute Gasteiger partial charge is 0.482 e. The number of methoxy groups -OCH3 is 1. The fourth-order valence-corrected chi connectivity index (χ4v) is 4.45. The SMILES string of the molecule is COC(=O)COc1cccc(/C=N/NC(=O)CN(c2ccccc2F)S(=O)(=O)c2ccc(C)cc2)c1. The van der Waals surface area contributed by atoms with Gasteiger partial charge in [-0.3, -0.25) is 9.10 Å². The van der Waals surface area contributed by atoms with Gasteiger partial charge in [-0.2, -0.15) is 5.10 Å². The van der Waals surface area contributed by atoms with E-state index < -0.39 is 34.3 Å². The number of para-hydroxylation sites is 1. The van der Waals surface area contributed by atoms with Crippen LogP contribution in [0.2, 0.25) is 0 Å². The molecule has 0 radical (unpaired) electrons. The number of carbonyl (C=O) groups is 2. The summed E-state index contributed by atoms with van der Waals surface area (Å²) in [5.41, 5.74) is 3.36. The summed E-state index contributed by atoms with van der Waals surface area (Å²) < 4.78 is 51.6. The van der Waals surface area contributed by atoms with Crippen molar-refractivity contribution in [3.05, 3.63) is 89.7 Å². The lowest BCUT2D eigenvalue weighted by Gasteiger charge is -2.24. The smallest absolute Gasteiger partial charge is 0.343 e. The van der Waals surface area contributed by atoms with Crippen molar-refractivity contribution in [1.29, 1.82) is 0 Å². The molecule has 3 aromatic carbocycles. The topological polar surface area (TPSA) is 114 Å². The maximum atomic E-state index is 14.5. The Morgan fingerprint density at radius 2 is 1.78 bits per heavy atom. The van der Waals surface area contributed by atoms with Crippen molar-refractivity contribution < 1.29 is 31.9 Å². The lowest BCUT2D eigenvalue weighted by atomic mass is 10.2. The summed E-state index contributed by atoms with van der Waals surface area (Å²) in [7, 11) is -3.01. The van der Waals surface area contributed by atoms with Crippen molar-refractivity contribution in [2.45, 2.75) is 11.8 Å². The van der Waals surface area contributed by atoms with Crippen molar-refractivity contribution in [1.82, 2.24) is 5.43 Å². The molecule has 9 nitrogen and oxygen atoms in total. The minimum Gasteiger partial charge on any atom is -0.482 e. The molecule has 11 heteroatoms. The van der Waals surface area contributed by atoms with Gasteiger partial charge >= 0.3 is 5.97 Å². The minimum atomic E-state index is -4.26. The molecule has 0 spiro atoms. The van der Waals surface area contributed by atoms with Crippen LogP contribution in [0.1, 0.15) is 11.1 Å². The molecule has 0 aliphatic carbocycles. The van der Waals surface area contributed by atoms with Crippen molar-refractivity contribution in [2.24, 2.45) is 5.10 Å². The predicted octanol–water partition coefficient (Wildman–Crippen LogP) is 3.03. The molecule has 1 amide bonds. The van der Waals surface area contributed by atoms with Gasteiger partial charge in [0.2, 0.25) is 0 Å². The molecule has 0 aliphatic heterocycles. The number of sulfonamides is 1. The zero-order chi connectivity index (χ0) is 26.1. The maximum absolute atomic E-state index is 14.5. The molecule has 36 heavy (non-hydrogen) atoms. The molecule has 3 aromatic rings. The maximum Gasteiger partial charge on any atom is 0.343 e. The third kappa shape index (κ3) is 6.89. The lowest BCUT2D eigenvalue weighted by molar-refractivity contribution is -0.142. The van der Waals surface area contributed by atoms with Gasteiger partial charge in [0.1, 0.15) is 18.1 Å². The van der Waals surface area contributed by atoms with Crippen LogP contribution in [0.4, 0.5) is 10.1 Å². The van der Waals surface area contributed by atoms with Crippen LogP contribution in [0, 0.1) is 12.7 Å². The van der Waals surface area contributed by atoms with Gasteiger partial charge in [-0.1, -0.05) is 42.0 Å². The van der Waals surface area contributed by atoms with E-state index in [4.69, 9.17) is 4.74 Å². The molecule has 188 valence electrons. The number of esters is 1. The number of amides is 1. The number of nitrogens with zero attached hydrogens (tertiary/aromatic N) is 2. The highest BCUT2D eigenvalue weighted by Crippen LogP contribution is 2.26. The molecular formula is C25H24FN3O6S. The Hall–Kier alpha value is -4.25. The van der Waals surface area contributed by atoms with Crippen LogP contribution in [0.5, 0.6) is 5.75 Å². The Morgan fingerprint density at radius 3 is 2.47 bits per heavy atom. The van der Waals surface area contributed by atoms with E-state index in [9.17, 15) is 22.4 Å². The van der Waals surface area contributed by atoms with Gasteiger partial charge < -0.3 is 9.47 Å². The second-order valence-corrected chi connectivity index (χ2v) is 9.37. The third-order valence-corrected chi connectivity index (χ3v) is 6.64. The Kier molecular flexibility index (Phi) is 8.74. The quantitative estimate of drug-likeness (QED) is 0.253. The van der Waals surface area contributed by atoms with E-state index >= 15 is 0 Å². The van der Waals surface area contributed by atoms with E-state index in [1.54, 1.807) is 43.3 Å². The number of halogens is 1. The highest BCUT2D eigenvalue weighted by atomic mass is 32.2. The number of anilines is 1. The van der Waals surface area contributed by atoms with Crippen molar-refractivity contribution in [3.63, 3.8) is 0 Å². The first-order valence-electron chi connectivity index (χ1n) is 10.7. The van der Waals surface area contributed by atoms with E-state index in [0.29, 0.717) is 15.6 Å². The molecule has 3 rings (SSSR count). The number of aryl methyl sites for hydroxylation is 1. The van der Waals surface area contributed by atoms with Crippen LogP contribution in [0.3, 0.4) is 0 Å². The Morgan fingerprint density at radius 1 is 1.06 bits per heavy atom. The van der Waals surface area contributed by atoms with Crippen LogP contribution < -0.4 is 14.5 Å². The van der Waals surface area contributed by atoms with Gasteiger partial charge in [0.15, 0.2) is 6.61 Å². The van der Waals surface area contributed by atoms with Crippen molar-refractivity contribution in [2.75, 3.05) is 24.6 Å². The highest BCUT2D eigenvalue weighted by molar-refractivity contribution is 7.92. The molecular weight excluding hydrogens is 489 g/mol. The molecule has 0 aromatic heterocycles. The summed E-state index contributed by atoms with van der Waals surface area (Å²) in [4.78, 5) is 23.7. The van der Waals surface area contributed by atoms with E-state index in [1.165, 1.54) is 43.7 Å². The summed E-state index contributed by atoms with van der Waals surface area (Å²) in [6, 6.07) is 17.8. The number of ether oxygens (including phenoxy) is 2. The second kappa shape index (κ2) is 11.9. The van der Waals surface area contributed by atoms with Gasteiger partial charge in [0, 0.05) is 0 Å². The number of rotatable bonds is 10. The van der Waals surface area contributed by atoms with Gasteiger partial charge in [-0.25, -0.2) is 23.0 Å². The molecule has 0 fully saturated rings. The van der Waals surface area contributed by atoms with Gasteiger partial charge in [-0.15, -0.1) is 0 Å².